The zero-order chi connectivity index (χ0) is 13.9. The van der Waals surface area contributed by atoms with Gasteiger partial charge in [-0.1, -0.05) is 37.3 Å². The van der Waals surface area contributed by atoms with Crippen LogP contribution in [0.1, 0.15) is 43.0 Å². The minimum absolute atomic E-state index is 0.203. The average molecular weight is 270 g/mol. The van der Waals surface area contributed by atoms with E-state index in [-0.39, 0.29) is 11.9 Å². The fourth-order valence-corrected chi connectivity index (χ4v) is 2.71. The summed E-state index contributed by atoms with van der Waals surface area (Å²) in [5.41, 5.74) is 2.32. The van der Waals surface area contributed by atoms with E-state index < -0.39 is 0 Å². The first-order valence-electron chi connectivity index (χ1n) is 7.20. The molecule has 0 saturated heterocycles. The molecule has 3 atom stereocenters. The molecule has 1 aliphatic carbocycles. The van der Waals surface area contributed by atoms with Gasteiger partial charge in [0, 0.05) is 18.0 Å². The number of hydrogen-bond donors (Lipinski definition) is 1. The van der Waals surface area contributed by atoms with Crippen LogP contribution in [0.15, 0.2) is 48.7 Å². The summed E-state index contributed by atoms with van der Waals surface area (Å²) in [5.74, 6) is 0.322. The molecule has 0 aliphatic heterocycles. The molecule has 1 aromatic heterocycles. The Kier molecular flexibility index (Phi) is 3.79. The number of nitrogens with one attached hydrogen (secondary N) is 1. The monoisotopic (exact) mass is 270 g/mol. The second-order valence-corrected chi connectivity index (χ2v) is 5.39. The fraction of sp³-hybridized carbons (Fsp3) is 0.353. The van der Waals surface area contributed by atoms with E-state index in [0.29, 0.717) is 12.0 Å². The smallest absolute Gasteiger partial charge is 0.141 e. The summed E-state index contributed by atoms with van der Waals surface area (Å²) in [6.07, 6.45) is 3.42. The van der Waals surface area contributed by atoms with Crippen LogP contribution in [0.4, 0.5) is 4.39 Å². The van der Waals surface area contributed by atoms with Crippen LogP contribution in [-0.4, -0.2) is 11.0 Å². The molecule has 1 N–H and O–H groups in total. The first-order valence-corrected chi connectivity index (χ1v) is 7.20. The van der Waals surface area contributed by atoms with Crippen LogP contribution in [0.2, 0.25) is 0 Å². The SMILES string of the molecule is CCC(NC1CC1c1ccccc1)c1ccc(F)cn1. The van der Waals surface area contributed by atoms with Gasteiger partial charge in [0.25, 0.3) is 0 Å². The summed E-state index contributed by atoms with van der Waals surface area (Å²) in [5, 5.41) is 3.64. The van der Waals surface area contributed by atoms with Crippen molar-refractivity contribution in [2.75, 3.05) is 0 Å². The van der Waals surface area contributed by atoms with Crippen molar-refractivity contribution in [1.82, 2.24) is 10.3 Å². The number of aromatic nitrogens is 1. The van der Waals surface area contributed by atoms with Crippen molar-refractivity contribution in [3.63, 3.8) is 0 Å². The highest BCUT2D eigenvalue weighted by Crippen LogP contribution is 2.42. The predicted molar refractivity (Wildman–Crippen MR) is 78.0 cm³/mol. The molecule has 20 heavy (non-hydrogen) atoms. The van der Waals surface area contributed by atoms with E-state index >= 15 is 0 Å². The van der Waals surface area contributed by atoms with Gasteiger partial charge in [-0.15, -0.1) is 0 Å². The van der Waals surface area contributed by atoms with E-state index in [0.717, 1.165) is 12.1 Å². The standard InChI is InChI=1S/C17H19FN2/c1-2-15(16-9-8-13(18)11-19-16)20-17-10-14(17)12-6-4-3-5-7-12/h3-9,11,14-15,17,20H,2,10H2,1H3. The Balaban J connectivity index is 1.64. The van der Waals surface area contributed by atoms with Crippen molar-refractivity contribution in [2.45, 2.75) is 37.8 Å². The van der Waals surface area contributed by atoms with Gasteiger partial charge >= 0.3 is 0 Å². The van der Waals surface area contributed by atoms with Crippen LogP contribution in [0.5, 0.6) is 0 Å². The highest BCUT2D eigenvalue weighted by molar-refractivity contribution is 5.28. The molecule has 3 rings (SSSR count). The number of nitrogens with zero attached hydrogens (tertiary/aromatic N) is 1. The molecule has 0 bridgehead atoms. The lowest BCUT2D eigenvalue weighted by Gasteiger charge is -2.16. The van der Waals surface area contributed by atoms with E-state index in [1.165, 1.54) is 24.2 Å². The summed E-state index contributed by atoms with van der Waals surface area (Å²) in [6, 6.07) is 14.6. The van der Waals surface area contributed by atoms with Gasteiger partial charge in [-0.05, 0) is 30.5 Å². The third-order valence-electron chi connectivity index (χ3n) is 3.95. The minimum Gasteiger partial charge on any atom is -0.305 e. The lowest BCUT2D eigenvalue weighted by molar-refractivity contribution is 0.496. The van der Waals surface area contributed by atoms with Crippen molar-refractivity contribution >= 4 is 0 Å². The highest BCUT2D eigenvalue weighted by Gasteiger charge is 2.39. The molecular weight excluding hydrogens is 251 g/mol. The van der Waals surface area contributed by atoms with Gasteiger partial charge in [-0.25, -0.2) is 4.39 Å². The molecular formula is C17H19FN2. The van der Waals surface area contributed by atoms with E-state index in [4.69, 9.17) is 0 Å². The second-order valence-electron chi connectivity index (χ2n) is 5.39. The van der Waals surface area contributed by atoms with Gasteiger partial charge < -0.3 is 5.32 Å². The Labute approximate surface area is 119 Å². The van der Waals surface area contributed by atoms with Crippen LogP contribution in [0, 0.1) is 5.82 Å². The maximum Gasteiger partial charge on any atom is 0.141 e. The summed E-state index contributed by atoms with van der Waals surface area (Å²) >= 11 is 0. The molecule has 3 unspecified atom stereocenters. The normalized spacial score (nSPS) is 22.5. The summed E-state index contributed by atoms with van der Waals surface area (Å²) in [6.45, 7) is 2.13. The largest absolute Gasteiger partial charge is 0.305 e. The molecule has 0 radical (unpaired) electrons. The summed E-state index contributed by atoms with van der Waals surface area (Å²) in [4.78, 5) is 4.19. The predicted octanol–water partition coefficient (Wildman–Crippen LogP) is 3.82. The van der Waals surface area contributed by atoms with Gasteiger partial charge in [0.15, 0.2) is 0 Å². The van der Waals surface area contributed by atoms with Crippen molar-refractivity contribution < 1.29 is 4.39 Å². The molecule has 0 spiro atoms. The molecule has 0 amide bonds. The van der Waals surface area contributed by atoms with Gasteiger partial charge in [0.2, 0.25) is 0 Å². The quantitative estimate of drug-likeness (QED) is 0.893. The van der Waals surface area contributed by atoms with Gasteiger partial charge in [0.05, 0.1) is 11.9 Å². The number of rotatable bonds is 5. The van der Waals surface area contributed by atoms with Crippen molar-refractivity contribution in [3.05, 3.63) is 65.7 Å². The van der Waals surface area contributed by atoms with E-state index in [1.54, 1.807) is 6.07 Å². The lowest BCUT2D eigenvalue weighted by Crippen LogP contribution is -2.24. The van der Waals surface area contributed by atoms with Gasteiger partial charge in [-0.3, -0.25) is 4.98 Å². The third kappa shape index (κ3) is 2.88. The van der Waals surface area contributed by atoms with Crippen LogP contribution in [0.3, 0.4) is 0 Å². The Bertz CT molecular complexity index is 553. The molecule has 2 aromatic rings. The first-order chi connectivity index (χ1) is 9.78. The molecule has 1 fully saturated rings. The van der Waals surface area contributed by atoms with Crippen LogP contribution < -0.4 is 5.32 Å². The van der Waals surface area contributed by atoms with Crippen molar-refractivity contribution in [2.24, 2.45) is 0 Å². The molecule has 104 valence electrons. The maximum absolute atomic E-state index is 12.9. The summed E-state index contributed by atoms with van der Waals surface area (Å²) < 4.78 is 12.9. The topological polar surface area (TPSA) is 24.9 Å². The van der Waals surface area contributed by atoms with E-state index in [2.05, 4.69) is 41.5 Å². The minimum atomic E-state index is -0.280. The number of halogens is 1. The Morgan fingerprint density at radius 3 is 2.70 bits per heavy atom. The zero-order valence-electron chi connectivity index (χ0n) is 11.6. The molecule has 1 aliphatic rings. The number of pyridine rings is 1. The first kappa shape index (κ1) is 13.3. The van der Waals surface area contributed by atoms with Crippen molar-refractivity contribution in [1.29, 1.82) is 0 Å². The molecule has 3 heteroatoms. The molecule has 2 nitrogen and oxygen atoms in total. The summed E-state index contributed by atoms with van der Waals surface area (Å²) in [7, 11) is 0. The van der Waals surface area contributed by atoms with E-state index in [1.807, 2.05) is 6.07 Å². The molecule has 1 heterocycles. The zero-order valence-corrected chi connectivity index (χ0v) is 11.6. The van der Waals surface area contributed by atoms with Gasteiger partial charge in [-0.2, -0.15) is 0 Å². The van der Waals surface area contributed by atoms with Gasteiger partial charge in [0.1, 0.15) is 5.82 Å². The van der Waals surface area contributed by atoms with Crippen LogP contribution in [0.25, 0.3) is 0 Å². The Morgan fingerprint density at radius 1 is 1.25 bits per heavy atom. The molecule has 1 saturated carbocycles. The molecule has 1 aromatic carbocycles. The highest BCUT2D eigenvalue weighted by atomic mass is 19.1. The number of benzene rings is 1. The maximum atomic E-state index is 12.9. The lowest BCUT2D eigenvalue weighted by atomic mass is 10.1. The average Bonchev–Trinajstić information content (AvgIpc) is 3.26. The third-order valence-corrected chi connectivity index (χ3v) is 3.95. The Hall–Kier alpha value is -1.74. The number of hydrogen-bond acceptors (Lipinski definition) is 2. The second kappa shape index (κ2) is 5.71. The van der Waals surface area contributed by atoms with E-state index in [9.17, 15) is 4.39 Å². The van der Waals surface area contributed by atoms with Crippen LogP contribution >= 0.6 is 0 Å². The Morgan fingerprint density at radius 2 is 2.05 bits per heavy atom. The van der Waals surface area contributed by atoms with Crippen molar-refractivity contribution in [3.8, 4) is 0 Å². The van der Waals surface area contributed by atoms with Crippen LogP contribution in [-0.2, 0) is 0 Å². The fourth-order valence-electron chi connectivity index (χ4n) is 2.71.